The summed E-state index contributed by atoms with van der Waals surface area (Å²) in [5.41, 5.74) is 2.83. The molecule has 0 saturated carbocycles. The lowest BCUT2D eigenvalue weighted by Gasteiger charge is -2.08. The maximum Gasteiger partial charge on any atom is 0.347 e. The van der Waals surface area contributed by atoms with Crippen LogP contribution in [0.3, 0.4) is 0 Å². The number of rotatable bonds is 6. The van der Waals surface area contributed by atoms with Crippen molar-refractivity contribution in [3.05, 3.63) is 101 Å². The van der Waals surface area contributed by atoms with Crippen molar-refractivity contribution in [1.29, 1.82) is 0 Å². The van der Waals surface area contributed by atoms with E-state index in [1.54, 1.807) is 60.7 Å². The van der Waals surface area contributed by atoms with Gasteiger partial charge in [-0.3, -0.25) is 4.79 Å². The number of aryl methyl sites for hydroxylation is 1. The van der Waals surface area contributed by atoms with Crippen molar-refractivity contribution in [3.8, 4) is 11.5 Å². The molecule has 3 aromatic carbocycles. The number of hydrogen-bond donors (Lipinski definition) is 0. The van der Waals surface area contributed by atoms with Gasteiger partial charge in [-0.05, 0) is 42.8 Å². The van der Waals surface area contributed by atoms with Crippen molar-refractivity contribution >= 4 is 17.8 Å². The zero-order valence-electron chi connectivity index (χ0n) is 15.7. The summed E-state index contributed by atoms with van der Waals surface area (Å²) >= 11 is 0. The van der Waals surface area contributed by atoms with E-state index in [4.69, 9.17) is 9.47 Å². The maximum atomic E-state index is 12.4. The molecule has 3 rings (SSSR count). The molecule has 0 aromatic heterocycles. The first-order valence-electron chi connectivity index (χ1n) is 8.81. The van der Waals surface area contributed by atoms with Crippen molar-refractivity contribution in [2.45, 2.75) is 6.92 Å². The van der Waals surface area contributed by atoms with Gasteiger partial charge in [0.15, 0.2) is 5.78 Å². The molecule has 0 atom stereocenters. The molecule has 0 bridgehead atoms. The number of esters is 1. The quantitative estimate of drug-likeness (QED) is 0.261. The summed E-state index contributed by atoms with van der Waals surface area (Å²) < 4.78 is 10.6. The fourth-order valence-corrected chi connectivity index (χ4v) is 2.64. The Hall–Kier alpha value is -3.66. The monoisotopic (exact) mass is 372 g/mol. The maximum absolute atomic E-state index is 12.4. The van der Waals surface area contributed by atoms with E-state index in [2.05, 4.69) is 0 Å². The third-order valence-electron chi connectivity index (χ3n) is 4.16. The van der Waals surface area contributed by atoms with E-state index in [9.17, 15) is 9.59 Å². The van der Waals surface area contributed by atoms with Crippen LogP contribution in [0.1, 0.15) is 31.8 Å². The fraction of sp³-hybridized carbons (Fsp3) is 0.0833. The van der Waals surface area contributed by atoms with Crippen LogP contribution in [0.5, 0.6) is 11.5 Å². The molecule has 0 fully saturated rings. The van der Waals surface area contributed by atoms with Crippen LogP contribution in [0.25, 0.3) is 6.08 Å². The van der Waals surface area contributed by atoms with E-state index in [1.807, 2.05) is 25.1 Å². The summed E-state index contributed by atoms with van der Waals surface area (Å²) in [7, 11) is 1.50. The van der Waals surface area contributed by atoms with Gasteiger partial charge in [0.25, 0.3) is 0 Å². The van der Waals surface area contributed by atoms with Gasteiger partial charge in [-0.15, -0.1) is 0 Å². The van der Waals surface area contributed by atoms with Crippen molar-refractivity contribution < 1.29 is 19.1 Å². The molecular formula is C24H20O4. The Kier molecular flexibility index (Phi) is 6.02. The molecule has 0 unspecified atom stereocenters. The second-order valence-corrected chi connectivity index (χ2v) is 6.23. The second-order valence-electron chi connectivity index (χ2n) is 6.23. The van der Waals surface area contributed by atoms with Gasteiger partial charge in [-0.25, -0.2) is 4.79 Å². The molecule has 28 heavy (non-hydrogen) atoms. The molecule has 0 amide bonds. The van der Waals surface area contributed by atoms with Crippen LogP contribution in [0, 0.1) is 6.92 Å². The molecule has 0 heterocycles. The zero-order valence-corrected chi connectivity index (χ0v) is 15.7. The van der Waals surface area contributed by atoms with E-state index < -0.39 is 5.97 Å². The van der Waals surface area contributed by atoms with Crippen LogP contribution in [-0.2, 0) is 0 Å². The minimum atomic E-state index is -0.505. The summed E-state index contributed by atoms with van der Waals surface area (Å²) in [5, 5.41) is 0. The van der Waals surface area contributed by atoms with Gasteiger partial charge in [-0.2, -0.15) is 0 Å². The Morgan fingerprint density at radius 2 is 1.64 bits per heavy atom. The van der Waals surface area contributed by atoms with Gasteiger partial charge in [0.1, 0.15) is 17.1 Å². The van der Waals surface area contributed by atoms with E-state index >= 15 is 0 Å². The lowest BCUT2D eigenvalue weighted by molar-refractivity contribution is 0.0731. The van der Waals surface area contributed by atoms with Crippen molar-refractivity contribution in [1.82, 2.24) is 0 Å². The van der Waals surface area contributed by atoms with Crippen LogP contribution in [0.15, 0.2) is 78.9 Å². The van der Waals surface area contributed by atoms with E-state index in [0.29, 0.717) is 22.6 Å². The van der Waals surface area contributed by atoms with Crippen LogP contribution in [0.4, 0.5) is 0 Å². The molecule has 0 aliphatic heterocycles. The summed E-state index contributed by atoms with van der Waals surface area (Å²) in [6.07, 6.45) is 3.20. The number of hydrogen-bond acceptors (Lipinski definition) is 4. The zero-order chi connectivity index (χ0) is 19.9. The molecule has 0 aliphatic carbocycles. The van der Waals surface area contributed by atoms with Gasteiger partial charge in [0.05, 0.1) is 7.11 Å². The number of benzene rings is 3. The van der Waals surface area contributed by atoms with E-state index in [0.717, 1.165) is 11.1 Å². The molecule has 0 N–H and O–H groups in total. The summed E-state index contributed by atoms with van der Waals surface area (Å²) in [5.74, 6) is 0.249. The summed E-state index contributed by atoms with van der Waals surface area (Å²) in [6, 6.07) is 21.3. The molecule has 140 valence electrons. The summed E-state index contributed by atoms with van der Waals surface area (Å²) in [6.45, 7) is 1.97. The minimum absolute atomic E-state index is 0.0866. The average Bonchev–Trinajstić information content (AvgIpc) is 2.72. The molecule has 3 aromatic rings. The van der Waals surface area contributed by atoms with Crippen LogP contribution >= 0.6 is 0 Å². The number of ketones is 1. The number of para-hydroxylation sites is 1. The van der Waals surface area contributed by atoms with Gasteiger partial charge < -0.3 is 9.47 Å². The number of carbonyl (C=O) groups excluding carboxylic acids is 2. The number of ether oxygens (including phenoxy) is 2. The van der Waals surface area contributed by atoms with E-state index in [-0.39, 0.29) is 5.78 Å². The molecule has 0 radical (unpaired) electrons. The smallest absolute Gasteiger partial charge is 0.347 e. The standard InChI is InChI=1S/C24H20O4/c1-17-10-13-19(14-11-17)22(25)15-12-18-6-5-7-20(16-18)28-24(26)21-8-3-4-9-23(21)27-2/h3-16H,1-2H3. The number of allylic oxidation sites excluding steroid dienone is 1. The molecule has 0 spiro atoms. The summed E-state index contributed by atoms with van der Waals surface area (Å²) in [4.78, 5) is 24.7. The van der Waals surface area contributed by atoms with Crippen LogP contribution < -0.4 is 9.47 Å². The Morgan fingerprint density at radius 1 is 0.893 bits per heavy atom. The molecular weight excluding hydrogens is 352 g/mol. The largest absolute Gasteiger partial charge is 0.496 e. The van der Waals surface area contributed by atoms with E-state index in [1.165, 1.54) is 13.2 Å². The molecule has 4 heteroatoms. The first kappa shape index (κ1) is 19.1. The third kappa shape index (κ3) is 4.74. The Bertz CT molecular complexity index is 1020. The topological polar surface area (TPSA) is 52.6 Å². The van der Waals surface area contributed by atoms with Gasteiger partial charge >= 0.3 is 5.97 Å². The fourth-order valence-electron chi connectivity index (χ4n) is 2.64. The first-order chi connectivity index (χ1) is 13.6. The SMILES string of the molecule is COc1ccccc1C(=O)Oc1cccc(C=CC(=O)c2ccc(C)cc2)c1. The van der Waals surface area contributed by atoms with Gasteiger partial charge in [0.2, 0.25) is 0 Å². The Labute approximate surface area is 164 Å². The highest BCUT2D eigenvalue weighted by Crippen LogP contribution is 2.21. The van der Waals surface area contributed by atoms with Crippen molar-refractivity contribution in [3.63, 3.8) is 0 Å². The lowest BCUT2D eigenvalue weighted by atomic mass is 10.1. The van der Waals surface area contributed by atoms with Gasteiger partial charge in [-0.1, -0.05) is 60.2 Å². The second kappa shape index (κ2) is 8.82. The predicted molar refractivity (Wildman–Crippen MR) is 109 cm³/mol. The molecule has 0 saturated heterocycles. The number of methoxy groups -OCH3 is 1. The van der Waals surface area contributed by atoms with Gasteiger partial charge in [0, 0.05) is 5.56 Å². The predicted octanol–water partition coefficient (Wildman–Crippen LogP) is 5.12. The highest BCUT2D eigenvalue weighted by Gasteiger charge is 2.14. The normalized spacial score (nSPS) is 10.6. The lowest BCUT2D eigenvalue weighted by Crippen LogP contribution is -2.10. The van der Waals surface area contributed by atoms with Crippen LogP contribution in [0.2, 0.25) is 0 Å². The highest BCUT2D eigenvalue weighted by atomic mass is 16.5. The average molecular weight is 372 g/mol. The third-order valence-corrected chi connectivity index (χ3v) is 4.16. The first-order valence-corrected chi connectivity index (χ1v) is 8.81. The highest BCUT2D eigenvalue weighted by molar-refractivity contribution is 6.06. The van der Waals surface area contributed by atoms with Crippen molar-refractivity contribution in [2.24, 2.45) is 0 Å². The van der Waals surface area contributed by atoms with Crippen molar-refractivity contribution in [2.75, 3.05) is 7.11 Å². The molecule has 4 nitrogen and oxygen atoms in total. The number of carbonyl (C=O) groups is 2. The molecule has 0 aliphatic rings. The minimum Gasteiger partial charge on any atom is -0.496 e. The van der Waals surface area contributed by atoms with Crippen LogP contribution in [-0.4, -0.2) is 18.9 Å². The Morgan fingerprint density at radius 3 is 2.39 bits per heavy atom. The Balaban J connectivity index is 1.72.